The molecule has 3 aromatic heterocycles. The van der Waals surface area contributed by atoms with Gasteiger partial charge in [0.1, 0.15) is 29.0 Å². The summed E-state index contributed by atoms with van der Waals surface area (Å²) in [5, 5.41) is 8.36. The molecule has 5 rings (SSSR count). The maximum absolute atomic E-state index is 12.9. The third-order valence-corrected chi connectivity index (χ3v) is 6.95. The maximum atomic E-state index is 12.9. The van der Waals surface area contributed by atoms with Crippen molar-refractivity contribution in [1.29, 1.82) is 0 Å². The summed E-state index contributed by atoms with van der Waals surface area (Å²) in [4.78, 5) is 42.4. The van der Waals surface area contributed by atoms with Gasteiger partial charge in [-0.2, -0.15) is 0 Å². The number of nitrogens with two attached hydrogens (primary N) is 1. The van der Waals surface area contributed by atoms with Crippen molar-refractivity contribution >= 4 is 34.9 Å². The normalized spacial score (nSPS) is 14.7. The molecule has 0 unspecified atom stereocenters. The lowest BCUT2D eigenvalue weighted by atomic mass is 9.83. The molecule has 0 radical (unpaired) electrons. The van der Waals surface area contributed by atoms with Crippen LogP contribution >= 0.6 is 0 Å². The van der Waals surface area contributed by atoms with Gasteiger partial charge in [0.05, 0.1) is 0 Å². The van der Waals surface area contributed by atoms with Gasteiger partial charge < -0.3 is 26.1 Å². The Labute approximate surface area is 219 Å². The molecule has 3 heterocycles. The maximum Gasteiger partial charge on any atom is 0.287 e. The highest BCUT2D eigenvalue weighted by molar-refractivity contribution is 6.03. The van der Waals surface area contributed by atoms with Crippen molar-refractivity contribution in [3.63, 3.8) is 0 Å². The number of imidazole rings is 1. The smallest absolute Gasteiger partial charge is 0.287 e. The van der Waals surface area contributed by atoms with E-state index in [1.165, 1.54) is 0 Å². The number of amides is 3. The molecule has 3 amide bonds. The molecule has 0 spiro atoms. The number of furan rings is 1. The van der Waals surface area contributed by atoms with Crippen LogP contribution in [0.1, 0.15) is 53.1 Å². The summed E-state index contributed by atoms with van der Waals surface area (Å²) in [6, 6.07) is 15.0. The van der Waals surface area contributed by atoms with Crippen LogP contribution < -0.4 is 21.7 Å². The number of nitrogen functional groups attached to an aromatic ring is 1. The third kappa shape index (κ3) is 5.24. The number of hydrogen-bond donors (Lipinski definition) is 4. The highest BCUT2D eigenvalue weighted by atomic mass is 16.4. The highest BCUT2D eigenvalue weighted by Crippen LogP contribution is 2.28. The van der Waals surface area contributed by atoms with Crippen LogP contribution in [0.25, 0.3) is 17.0 Å². The van der Waals surface area contributed by atoms with Crippen LogP contribution in [0.3, 0.4) is 0 Å². The Morgan fingerprint density at radius 1 is 1.00 bits per heavy atom. The molecule has 5 N–H and O–H groups in total. The Morgan fingerprint density at radius 2 is 1.76 bits per heavy atom. The molecule has 1 aromatic carbocycles. The predicted octanol–water partition coefficient (Wildman–Crippen LogP) is 3.85. The van der Waals surface area contributed by atoms with Crippen molar-refractivity contribution in [2.24, 2.45) is 5.92 Å². The molecule has 1 fully saturated rings. The molecular weight excluding hydrogens is 484 g/mol. The first kappa shape index (κ1) is 25.1. The van der Waals surface area contributed by atoms with E-state index in [1.54, 1.807) is 72.2 Å². The minimum absolute atomic E-state index is 0.114. The number of fused-ring (bicyclic) bond motifs is 1. The Morgan fingerprint density at radius 3 is 2.47 bits per heavy atom. The second-order valence-electron chi connectivity index (χ2n) is 9.46. The molecule has 0 aliphatic heterocycles. The lowest BCUT2D eigenvalue weighted by Gasteiger charge is -2.29. The quantitative estimate of drug-likeness (QED) is 0.295. The first-order valence-corrected chi connectivity index (χ1v) is 12.7. The Hall–Kier alpha value is -4.60. The van der Waals surface area contributed by atoms with E-state index < -0.39 is 11.9 Å². The van der Waals surface area contributed by atoms with Crippen molar-refractivity contribution in [3.05, 3.63) is 72.2 Å². The average Bonchev–Trinajstić information content (AvgIpc) is 3.61. The topological polar surface area (TPSA) is 144 Å². The molecule has 0 saturated heterocycles. The van der Waals surface area contributed by atoms with Crippen molar-refractivity contribution in [3.8, 4) is 11.3 Å². The minimum Gasteiger partial charge on any atom is -0.451 e. The number of carbonyl (C=O) groups excluding carboxylic acids is 3. The van der Waals surface area contributed by atoms with Gasteiger partial charge in [0.2, 0.25) is 5.91 Å². The van der Waals surface area contributed by atoms with Gasteiger partial charge in [0.15, 0.2) is 5.76 Å². The van der Waals surface area contributed by atoms with Crippen molar-refractivity contribution in [2.75, 3.05) is 18.1 Å². The van der Waals surface area contributed by atoms with Crippen LogP contribution in [0.4, 0.5) is 11.5 Å². The summed E-state index contributed by atoms with van der Waals surface area (Å²) in [5.41, 5.74) is 8.08. The largest absolute Gasteiger partial charge is 0.451 e. The third-order valence-electron chi connectivity index (χ3n) is 6.95. The van der Waals surface area contributed by atoms with Gasteiger partial charge in [-0.05, 0) is 67.3 Å². The molecule has 0 bridgehead atoms. The van der Waals surface area contributed by atoms with Gasteiger partial charge in [0.25, 0.3) is 11.8 Å². The molecule has 1 atom stereocenters. The van der Waals surface area contributed by atoms with Gasteiger partial charge in [-0.3, -0.25) is 18.8 Å². The first-order valence-electron chi connectivity index (χ1n) is 12.7. The van der Waals surface area contributed by atoms with Gasteiger partial charge in [0, 0.05) is 24.5 Å². The van der Waals surface area contributed by atoms with Crippen LogP contribution in [0, 0.1) is 5.92 Å². The van der Waals surface area contributed by atoms with E-state index >= 15 is 0 Å². The number of nitrogens with one attached hydrogen (secondary N) is 3. The summed E-state index contributed by atoms with van der Waals surface area (Å²) in [6.07, 6.45) is 6.69. The number of rotatable bonds is 7. The summed E-state index contributed by atoms with van der Waals surface area (Å²) < 4.78 is 7.46. The zero-order valence-electron chi connectivity index (χ0n) is 21.1. The van der Waals surface area contributed by atoms with Crippen molar-refractivity contribution in [2.45, 2.75) is 38.1 Å². The Bertz CT molecular complexity index is 1470. The number of carbonyl (C=O) groups is 3. The fraction of sp³-hybridized carbons (Fsp3) is 0.286. The van der Waals surface area contributed by atoms with Gasteiger partial charge in [-0.15, -0.1) is 0 Å². The molecule has 1 aliphatic rings. The summed E-state index contributed by atoms with van der Waals surface area (Å²) >= 11 is 0. The van der Waals surface area contributed by atoms with Crippen LogP contribution in [0.15, 0.2) is 65.2 Å². The summed E-state index contributed by atoms with van der Waals surface area (Å²) in [5.74, 6) is 0.257. The minimum atomic E-state index is -0.589. The van der Waals surface area contributed by atoms with Crippen LogP contribution in [-0.4, -0.2) is 40.2 Å². The molecule has 196 valence electrons. The molecule has 10 heteroatoms. The highest BCUT2D eigenvalue weighted by Gasteiger charge is 2.31. The number of pyridine rings is 1. The second kappa shape index (κ2) is 10.8. The molecule has 1 saturated carbocycles. The zero-order chi connectivity index (χ0) is 26.6. The van der Waals surface area contributed by atoms with Crippen molar-refractivity contribution < 1.29 is 18.8 Å². The number of likely N-dealkylation sites (N-methyl/N-ethyl adjacent to an activating group) is 1. The van der Waals surface area contributed by atoms with Crippen LogP contribution in [0.2, 0.25) is 0 Å². The van der Waals surface area contributed by atoms with E-state index in [9.17, 15) is 14.4 Å². The summed E-state index contributed by atoms with van der Waals surface area (Å²) in [7, 11) is 1.58. The van der Waals surface area contributed by atoms with Crippen LogP contribution in [-0.2, 0) is 4.79 Å². The fourth-order valence-electron chi connectivity index (χ4n) is 4.90. The number of nitrogens with zero attached hydrogens (tertiary/aromatic N) is 2. The van der Waals surface area contributed by atoms with Gasteiger partial charge in [-0.25, -0.2) is 4.98 Å². The lowest BCUT2D eigenvalue weighted by Crippen LogP contribution is -2.50. The Balaban J connectivity index is 1.24. The second-order valence-corrected chi connectivity index (χ2v) is 9.46. The van der Waals surface area contributed by atoms with Crippen LogP contribution in [0.5, 0.6) is 0 Å². The monoisotopic (exact) mass is 514 g/mol. The Kier molecular flexibility index (Phi) is 7.12. The van der Waals surface area contributed by atoms with E-state index in [-0.39, 0.29) is 29.2 Å². The van der Waals surface area contributed by atoms with E-state index in [0.29, 0.717) is 22.9 Å². The van der Waals surface area contributed by atoms with E-state index in [0.717, 1.165) is 37.7 Å². The van der Waals surface area contributed by atoms with E-state index in [2.05, 4.69) is 20.9 Å². The predicted molar refractivity (Wildman–Crippen MR) is 144 cm³/mol. The molecular formula is C28H30N6O4. The lowest BCUT2D eigenvalue weighted by molar-refractivity contribution is -0.124. The average molecular weight is 515 g/mol. The zero-order valence-corrected chi connectivity index (χ0v) is 21.1. The number of aromatic nitrogens is 2. The first-order chi connectivity index (χ1) is 18.4. The number of anilines is 2. The van der Waals surface area contributed by atoms with Gasteiger partial charge in [-0.1, -0.05) is 25.3 Å². The molecule has 38 heavy (non-hydrogen) atoms. The SMILES string of the molecule is CNC(=O)[C@@H](NC(=O)c1ccc(-c2ccc(NC(=O)c3cn4c(N)cccc4n3)cc2)o1)C1CCCCC1. The van der Waals surface area contributed by atoms with Crippen molar-refractivity contribution in [1.82, 2.24) is 20.0 Å². The molecule has 1 aliphatic carbocycles. The molecule has 10 nitrogen and oxygen atoms in total. The van der Waals surface area contributed by atoms with E-state index in [4.69, 9.17) is 10.2 Å². The number of benzene rings is 1. The van der Waals surface area contributed by atoms with E-state index in [1.807, 2.05) is 0 Å². The standard InChI is InChI=1S/C28H30N6O4/c1-30-28(37)25(18-6-3-2-4-7-18)33-27(36)22-15-14-21(38-22)17-10-12-19(13-11-17)31-26(35)20-16-34-23(29)8-5-9-24(34)32-20/h5,8-16,18,25H,2-4,6-7,29H2,1H3,(H,30,37)(H,31,35)(H,33,36)/t25-/m0/s1. The fourth-order valence-corrected chi connectivity index (χ4v) is 4.90. The number of hydrogen-bond acceptors (Lipinski definition) is 6. The van der Waals surface area contributed by atoms with Gasteiger partial charge >= 0.3 is 0 Å². The summed E-state index contributed by atoms with van der Waals surface area (Å²) in [6.45, 7) is 0. The molecule has 4 aromatic rings.